The summed E-state index contributed by atoms with van der Waals surface area (Å²) in [6, 6.07) is 4.20. The van der Waals surface area contributed by atoms with Gasteiger partial charge in [-0.2, -0.15) is 0 Å². The molecule has 1 rings (SSSR count). The van der Waals surface area contributed by atoms with Crippen LogP contribution >= 0.6 is 15.9 Å². The zero-order chi connectivity index (χ0) is 8.27. The van der Waals surface area contributed by atoms with E-state index < -0.39 is 0 Å². The summed E-state index contributed by atoms with van der Waals surface area (Å²) < 4.78 is 12.9. The van der Waals surface area contributed by atoms with Crippen molar-refractivity contribution in [3.05, 3.63) is 29.6 Å². The number of rotatable bonds is 2. The minimum atomic E-state index is -0.343. The topological polar surface area (TPSA) is 20.2 Å². The minimum absolute atomic E-state index is 0.0270. The molecule has 1 aromatic carbocycles. The van der Waals surface area contributed by atoms with Crippen LogP contribution in [0.5, 0.6) is 5.75 Å². The monoisotopic (exact) mass is 218 g/mol. The second-order valence-corrected chi connectivity index (χ2v) is 3.01. The fraction of sp³-hybridized carbons (Fsp3) is 0.250. The van der Waals surface area contributed by atoms with E-state index in [0.717, 1.165) is 11.4 Å². The van der Waals surface area contributed by atoms with Crippen molar-refractivity contribution >= 4 is 15.9 Å². The second kappa shape index (κ2) is 3.72. The van der Waals surface area contributed by atoms with Gasteiger partial charge in [-0.25, -0.2) is 4.39 Å². The Hall–Kier alpha value is -0.570. The van der Waals surface area contributed by atoms with Gasteiger partial charge < -0.3 is 5.11 Å². The Labute approximate surface area is 73.0 Å². The number of phenolic OH excluding ortho intramolecular Hbond substituents is 1. The van der Waals surface area contributed by atoms with Crippen molar-refractivity contribution in [3.63, 3.8) is 0 Å². The summed E-state index contributed by atoms with van der Waals surface area (Å²) in [7, 11) is 0. The molecule has 0 aromatic heterocycles. The third-order valence-electron chi connectivity index (χ3n) is 1.40. The molecule has 0 atom stereocenters. The quantitative estimate of drug-likeness (QED) is 0.757. The molecule has 0 bridgehead atoms. The molecule has 0 aliphatic heterocycles. The molecule has 0 spiro atoms. The smallest absolute Gasteiger partial charge is 0.130 e. The number of hydrogen-bond acceptors (Lipinski definition) is 1. The van der Waals surface area contributed by atoms with Crippen molar-refractivity contribution in [1.82, 2.24) is 0 Å². The fourth-order valence-electron chi connectivity index (χ4n) is 0.841. The van der Waals surface area contributed by atoms with E-state index in [1.807, 2.05) is 0 Å². The van der Waals surface area contributed by atoms with Gasteiger partial charge in [0.05, 0.1) is 0 Å². The molecule has 0 aliphatic carbocycles. The number of alkyl halides is 1. The molecule has 1 aromatic rings. The van der Waals surface area contributed by atoms with E-state index in [4.69, 9.17) is 5.11 Å². The molecule has 0 amide bonds. The van der Waals surface area contributed by atoms with E-state index in [-0.39, 0.29) is 11.6 Å². The van der Waals surface area contributed by atoms with E-state index in [2.05, 4.69) is 15.9 Å². The number of hydrogen-bond donors (Lipinski definition) is 1. The first kappa shape index (κ1) is 8.53. The van der Waals surface area contributed by atoms with Gasteiger partial charge in [-0.1, -0.05) is 22.0 Å². The first-order chi connectivity index (χ1) is 5.24. The molecule has 3 heteroatoms. The maximum Gasteiger partial charge on any atom is 0.130 e. The average molecular weight is 219 g/mol. The molecule has 0 saturated carbocycles. The van der Waals surface area contributed by atoms with Gasteiger partial charge in [-0.15, -0.1) is 0 Å². The minimum Gasteiger partial charge on any atom is -0.508 e. The van der Waals surface area contributed by atoms with Crippen molar-refractivity contribution in [1.29, 1.82) is 0 Å². The molecule has 0 aliphatic rings. The maximum absolute atomic E-state index is 12.9. The van der Waals surface area contributed by atoms with Gasteiger partial charge in [0.2, 0.25) is 0 Å². The van der Waals surface area contributed by atoms with Crippen LogP contribution in [0.15, 0.2) is 18.2 Å². The summed E-state index contributed by atoms with van der Waals surface area (Å²) in [6.07, 6.45) is 0.645. The fourth-order valence-corrected chi connectivity index (χ4v) is 1.27. The van der Waals surface area contributed by atoms with E-state index in [1.54, 1.807) is 6.07 Å². The lowest BCUT2D eigenvalue weighted by atomic mass is 10.1. The third kappa shape index (κ3) is 2.19. The lowest BCUT2D eigenvalue weighted by molar-refractivity contribution is 0.468. The molecule has 60 valence electrons. The molecule has 1 nitrogen and oxygen atoms in total. The van der Waals surface area contributed by atoms with Crippen LogP contribution in [0.3, 0.4) is 0 Å². The molecule has 0 unspecified atom stereocenters. The van der Waals surface area contributed by atoms with Crippen LogP contribution in [0.25, 0.3) is 0 Å². The zero-order valence-corrected chi connectivity index (χ0v) is 7.44. The predicted molar refractivity (Wildman–Crippen MR) is 45.6 cm³/mol. The highest BCUT2D eigenvalue weighted by molar-refractivity contribution is 9.09. The lowest BCUT2D eigenvalue weighted by Crippen LogP contribution is -1.90. The Morgan fingerprint density at radius 3 is 2.73 bits per heavy atom. The van der Waals surface area contributed by atoms with Crippen LogP contribution in [0.2, 0.25) is 0 Å². The molecule has 0 fully saturated rings. The molecule has 1 N–H and O–H groups in total. The van der Waals surface area contributed by atoms with Crippen molar-refractivity contribution < 1.29 is 9.50 Å². The summed E-state index contributed by atoms with van der Waals surface area (Å²) >= 11 is 3.21. The number of phenols is 1. The van der Waals surface area contributed by atoms with Gasteiger partial charge >= 0.3 is 0 Å². The normalized spacial score (nSPS) is 10.0. The van der Waals surface area contributed by atoms with Gasteiger partial charge in [-0.05, 0) is 18.1 Å². The molecular formula is C8H8BrFO. The van der Waals surface area contributed by atoms with Gasteiger partial charge in [0, 0.05) is 11.4 Å². The van der Waals surface area contributed by atoms with Crippen LogP contribution in [-0.2, 0) is 6.42 Å². The largest absolute Gasteiger partial charge is 0.508 e. The number of benzene rings is 1. The number of aryl methyl sites for hydroxylation is 1. The maximum atomic E-state index is 12.9. The van der Waals surface area contributed by atoms with E-state index >= 15 is 0 Å². The predicted octanol–water partition coefficient (Wildman–Crippen LogP) is 2.47. The van der Waals surface area contributed by atoms with Crippen LogP contribution in [0, 0.1) is 5.82 Å². The van der Waals surface area contributed by atoms with Gasteiger partial charge in [0.15, 0.2) is 0 Å². The first-order valence-corrected chi connectivity index (χ1v) is 4.39. The van der Waals surface area contributed by atoms with E-state index in [9.17, 15) is 4.39 Å². The number of aromatic hydroxyl groups is 1. The van der Waals surface area contributed by atoms with Crippen molar-refractivity contribution in [2.45, 2.75) is 6.42 Å². The highest BCUT2D eigenvalue weighted by atomic mass is 79.9. The Balaban J connectivity index is 2.90. The number of halogens is 2. The van der Waals surface area contributed by atoms with Crippen molar-refractivity contribution in [3.8, 4) is 5.75 Å². The Kier molecular flexibility index (Phi) is 2.88. The average Bonchev–Trinajstić information content (AvgIpc) is 1.95. The summed E-state index contributed by atoms with van der Waals surface area (Å²) in [6.45, 7) is 0. The lowest BCUT2D eigenvalue weighted by Gasteiger charge is -1.99. The van der Waals surface area contributed by atoms with Gasteiger partial charge in [0.25, 0.3) is 0 Å². The van der Waals surface area contributed by atoms with E-state index in [0.29, 0.717) is 12.0 Å². The van der Waals surface area contributed by atoms with Crippen LogP contribution < -0.4 is 0 Å². The van der Waals surface area contributed by atoms with Gasteiger partial charge in [0.1, 0.15) is 11.6 Å². The summed E-state index contributed by atoms with van der Waals surface area (Å²) in [5, 5.41) is 9.58. The highest BCUT2D eigenvalue weighted by Crippen LogP contribution is 2.15. The molecular weight excluding hydrogens is 211 g/mol. The van der Waals surface area contributed by atoms with Gasteiger partial charge in [-0.3, -0.25) is 0 Å². The van der Waals surface area contributed by atoms with E-state index in [1.165, 1.54) is 6.07 Å². The van der Waals surface area contributed by atoms with Crippen LogP contribution in [0.4, 0.5) is 4.39 Å². The third-order valence-corrected chi connectivity index (χ3v) is 1.80. The molecule has 0 heterocycles. The standard InChI is InChI=1S/C8H8BrFO/c9-4-3-6-1-2-7(11)5-8(6)10/h1-2,5,11H,3-4H2. The molecule has 0 radical (unpaired) electrons. The van der Waals surface area contributed by atoms with Crippen LogP contribution in [0.1, 0.15) is 5.56 Å². The Morgan fingerprint density at radius 2 is 2.18 bits per heavy atom. The summed E-state index contributed by atoms with van der Waals surface area (Å²) in [5.41, 5.74) is 0.625. The molecule has 11 heavy (non-hydrogen) atoms. The first-order valence-electron chi connectivity index (χ1n) is 3.27. The van der Waals surface area contributed by atoms with Crippen molar-refractivity contribution in [2.24, 2.45) is 0 Å². The summed E-state index contributed by atoms with van der Waals surface area (Å²) in [5.74, 6) is -0.370. The Bertz CT molecular complexity index is 250. The highest BCUT2D eigenvalue weighted by Gasteiger charge is 2.00. The molecule has 0 saturated heterocycles. The zero-order valence-electron chi connectivity index (χ0n) is 5.85. The Morgan fingerprint density at radius 1 is 1.45 bits per heavy atom. The van der Waals surface area contributed by atoms with Crippen LogP contribution in [-0.4, -0.2) is 10.4 Å². The second-order valence-electron chi connectivity index (χ2n) is 2.21. The van der Waals surface area contributed by atoms with Crippen molar-refractivity contribution in [2.75, 3.05) is 5.33 Å². The SMILES string of the molecule is Oc1ccc(CCBr)c(F)c1. The summed E-state index contributed by atoms with van der Waals surface area (Å²) in [4.78, 5) is 0.